The van der Waals surface area contributed by atoms with Gasteiger partial charge in [-0.05, 0) is 25.0 Å². The predicted octanol–water partition coefficient (Wildman–Crippen LogP) is 3.26. The van der Waals surface area contributed by atoms with Crippen LogP contribution in [0, 0.1) is 0 Å². The number of aliphatic hydroxyl groups excluding tert-OH is 1. The molecule has 0 aliphatic heterocycles. The fourth-order valence-corrected chi connectivity index (χ4v) is 3.33. The Morgan fingerprint density at radius 3 is 2.70 bits per heavy atom. The molecule has 4 heteroatoms. The quantitative estimate of drug-likeness (QED) is 0.775. The van der Waals surface area contributed by atoms with Crippen molar-refractivity contribution in [2.75, 3.05) is 19.7 Å². The molecule has 1 fully saturated rings. The summed E-state index contributed by atoms with van der Waals surface area (Å²) in [6, 6.07) is 8.10. The molecule has 1 aliphatic rings. The molecule has 0 heterocycles. The first-order valence-electron chi connectivity index (χ1n) is 7.34. The van der Waals surface area contributed by atoms with E-state index in [4.69, 9.17) is 0 Å². The molecule has 0 spiro atoms. The van der Waals surface area contributed by atoms with Crippen molar-refractivity contribution in [3.63, 3.8) is 0 Å². The Hall–Kier alpha value is -0.710. The highest BCUT2D eigenvalue weighted by Crippen LogP contribution is 2.23. The number of benzene rings is 1. The highest BCUT2D eigenvalue weighted by Gasteiger charge is 2.22. The Kier molecular flexibility index (Phi) is 6.20. The second-order valence-electron chi connectivity index (χ2n) is 5.38. The summed E-state index contributed by atoms with van der Waals surface area (Å²) in [5.74, 6) is 0.173. The van der Waals surface area contributed by atoms with Gasteiger partial charge in [-0.2, -0.15) is 0 Å². The minimum Gasteiger partial charge on any atom is -0.395 e. The topological polar surface area (TPSA) is 40.5 Å². The van der Waals surface area contributed by atoms with Gasteiger partial charge in [0.1, 0.15) is 0 Å². The maximum absolute atomic E-state index is 12.2. The SMILES string of the molecule is O=C(CCN(CCO)C1CCCC1)c1cccc(Br)c1. The number of Topliss-reactive ketones (excluding diaryl/α,β-unsaturated/α-hetero) is 1. The minimum absolute atomic E-state index is 0.168. The summed E-state index contributed by atoms with van der Waals surface area (Å²) in [4.78, 5) is 14.5. The largest absolute Gasteiger partial charge is 0.395 e. The second kappa shape index (κ2) is 7.91. The number of hydrogen-bond donors (Lipinski definition) is 1. The van der Waals surface area contributed by atoms with Gasteiger partial charge in [-0.1, -0.05) is 40.9 Å². The Morgan fingerprint density at radius 1 is 1.30 bits per heavy atom. The van der Waals surface area contributed by atoms with Gasteiger partial charge in [-0.25, -0.2) is 0 Å². The van der Waals surface area contributed by atoms with Crippen molar-refractivity contribution in [3.8, 4) is 0 Å². The molecule has 110 valence electrons. The van der Waals surface area contributed by atoms with Gasteiger partial charge in [0, 0.05) is 35.6 Å². The van der Waals surface area contributed by atoms with Crippen LogP contribution in [0.15, 0.2) is 28.7 Å². The third kappa shape index (κ3) is 4.40. The van der Waals surface area contributed by atoms with Crippen molar-refractivity contribution in [2.45, 2.75) is 38.1 Å². The van der Waals surface area contributed by atoms with Gasteiger partial charge in [0.05, 0.1) is 6.61 Å². The van der Waals surface area contributed by atoms with Crippen LogP contribution >= 0.6 is 15.9 Å². The summed E-state index contributed by atoms with van der Waals surface area (Å²) in [5.41, 5.74) is 0.759. The molecular weight excluding hydrogens is 318 g/mol. The zero-order chi connectivity index (χ0) is 14.4. The summed E-state index contributed by atoms with van der Waals surface area (Å²) in [5, 5.41) is 9.18. The number of rotatable bonds is 7. The average Bonchev–Trinajstić information content (AvgIpc) is 2.97. The van der Waals surface area contributed by atoms with Gasteiger partial charge in [-0.15, -0.1) is 0 Å². The zero-order valence-corrected chi connectivity index (χ0v) is 13.3. The lowest BCUT2D eigenvalue weighted by Gasteiger charge is -2.27. The lowest BCUT2D eigenvalue weighted by molar-refractivity contribution is 0.0934. The summed E-state index contributed by atoms with van der Waals surface area (Å²) in [6.45, 7) is 1.59. The van der Waals surface area contributed by atoms with Crippen molar-refractivity contribution in [1.82, 2.24) is 4.90 Å². The molecule has 1 N–H and O–H groups in total. The van der Waals surface area contributed by atoms with E-state index < -0.39 is 0 Å². The van der Waals surface area contributed by atoms with Crippen LogP contribution in [0.4, 0.5) is 0 Å². The molecule has 0 unspecified atom stereocenters. The number of halogens is 1. The Morgan fingerprint density at radius 2 is 2.05 bits per heavy atom. The van der Waals surface area contributed by atoms with Crippen molar-refractivity contribution < 1.29 is 9.90 Å². The molecule has 0 atom stereocenters. The molecule has 1 aliphatic carbocycles. The number of hydrogen-bond acceptors (Lipinski definition) is 3. The third-order valence-corrected chi connectivity index (χ3v) is 4.49. The van der Waals surface area contributed by atoms with Gasteiger partial charge < -0.3 is 5.11 Å². The van der Waals surface area contributed by atoms with E-state index >= 15 is 0 Å². The first-order valence-corrected chi connectivity index (χ1v) is 8.13. The van der Waals surface area contributed by atoms with Crippen LogP contribution in [0.25, 0.3) is 0 Å². The lowest BCUT2D eigenvalue weighted by atomic mass is 10.1. The maximum atomic E-state index is 12.2. The van der Waals surface area contributed by atoms with Crippen LogP contribution in [0.3, 0.4) is 0 Å². The first kappa shape index (κ1) is 15.7. The Balaban J connectivity index is 1.89. The van der Waals surface area contributed by atoms with Crippen LogP contribution in [0.5, 0.6) is 0 Å². The van der Waals surface area contributed by atoms with E-state index in [1.807, 2.05) is 24.3 Å². The van der Waals surface area contributed by atoms with E-state index in [0.717, 1.165) is 16.6 Å². The molecule has 20 heavy (non-hydrogen) atoms. The van der Waals surface area contributed by atoms with Gasteiger partial charge in [-0.3, -0.25) is 9.69 Å². The monoisotopic (exact) mass is 339 g/mol. The summed E-state index contributed by atoms with van der Waals surface area (Å²) in [6.07, 6.45) is 5.46. The molecule has 0 saturated heterocycles. The van der Waals surface area contributed by atoms with Crippen molar-refractivity contribution in [1.29, 1.82) is 0 Å². The number of carbonyl (C=O) groups is 1. The van der Waals surface area contributed by atoms with E-state index in [9.17, 15) is 9.90 Å². The Labute approximate surface area is 129 Å². The second-order valence-corrected chi connectivity index (χ2v) is 6.30. The molecular formula is C16H22BrNO2. The minimum atomic E-state index is 0.168. The van der Waals surface area contributed by atoms with Crippen LogP contribution in [0.1, 0.15) is 42.5 Å². The molecule has 0 bridgehead atoms. The van der Waals surface area contributed by atoms with E-state index in [-0.39, 0.29) is 12.4 Å². The molecule has 3 nitrogen and oxygen atoms in total. The van der Waals surface area contributed by atoms with Gasteiger partial charge in [0.15, 0.2) is 5.78 Å². The smallest absolute Gasteiger partial charge is 0.164 e. The van der Waals surface area contributed by atoms with Crippen molar-refractivity contribution in [2.24, 2.45) is 0 Å². The predicted molar refractivity (Wildman–Crippen MR) is 84.0 cm³/mol. The average molecular weight is 340 g/mol. The van der Waals surface area contributed by atoms with Gasteiger partial charge in [0.25, 0.3) is 0 Å². The molecule has 1 aromatic rings. The van der Waals surface area contributed by atoms with Crippen molar-refractivity contribution in [3.05, 3.63) is 34.3 Å². The number of aliphatic hydroxyl groups is 1. The van der Waals surface area contributed by atoms with Crippen LogP contribution in [-0.4, -0.2) is 41.5 Å². The zero-order valence-electron chi connectivity index (χ0n) is 11.7. The molecule has 1 aromatic carbocycles. The lowest BCUT2D eigenvalue weighted by Crippen LogP contribution is -2.37. The fraction of sp³-hybridized carbons (Fsp3) is 0.562. The van der Waals surface area contributed by atoms with Crippen LogP contribution in [-0.2, 0) is 0 Å². The molecule has 1 saturated carbocycles. The van der Waals surface area contributed by atoms with Gasteiger partial charge >= 0.3 is 0 Å². The van der Waals surface area contributed by atoms with Gasteiger partial charge in [0.2, 0.25) is 0 Å². The molecule has 2 rings (SSSR count). The van der Waals surface area contributed by atoms with Crippen LogP contribution in [0.2, 0.25) is 0 Å². The number of ketones is 1. The molecule has 0 radical (unpaired) electrons. The maximum Gasteiger partial charge on any atom is 0.164 e. The Bertz CT molecular complexity index is 444. The fourth-order valence-electron chi connectivity index (χ4n) is 2.93. The van der Waals surface area contributed by atoms with Crippen LogP contribution < -0.4 is 0 Å². The third-order valence-electron chi connectivity index (χ3n) is 4.00. The summed E-state index contributed by atoms with van der Waals surface area (Å²) >= 11 is 3.39. The van der Waals surface area contributed by atoms with E-state index in [1.54, 1.807) is 0 Å². The molecule has 0 amide bonds. The van der Waals surface area contributed by atoms with Crippen molar-refractivity contribution >= 4 is 21.7 Å². The number of nitrogens with zero attached hydrogens (tertiary/aromatic N) is 1. The van der Waals surface area contributed by atoms with E-state index in [0.29, 0.717) is 19.0 Å². The highest BCUT2D eigenvalue weighted by atomic mass is 79.9. The first-order chi connectivity index (χ1) is 9.70. The normalized spacial score (nSPS) is 15.9. The number of carbonyl (C=O) groups excluding carboxylic acids is 1. The highest BCUT2D eigenvalue weighted by molar-refractivity contribution is 9.10. The summed E-state index contributed by atoms with van der Waals surface area (Å²) in [7, 11) is 0. The van der Waals surface area contributed by atoms with E-state index in [1.165, 1.54) is 25.7 Å². The molecule has 0 aromatic heterocycles. The summed E-state index contributed by atoms with van der Waals surface area (Å²) < 4.78 is 0.936. The van der Waals surface area contributed by atoms with E-state index in [2.05, 4.69) is 20.8 Å². The standard InChI is InChI=1S/C16H22BrNO2/c17-14-5-3-4-13(12-14)16(20)8-9-18(10-11-19)15-6-1-2-7-15/h3-5,12,15,19H,1-2,6-11H2.